The van der Waals surface area contributed by atoms with Gasteiger partial charge < -0.3 is 4.74 Å². The monoisotopic (exact) mass is 212 g/mol. The fourth-order valence-corrected chi connectivity index (χ4v) is 1.29. The van der Waals surface area contributed by atoms with E-state index in [-0.39, 0.29) is 5.97 Å². The van der Waals surface area contributed by atoms with Crippen LogP contribution in [-0.2, 0) is 9.53 Å². The summed E-state index contributed by atoms with van der Waals surface area (Å²) in [6.45, 7) is 6.40. The van der Waals surface area contributed by atoms with E-state index in [4.69, 9.17) is 4.74 Å². The van der Waals surface area contributed by atoms with Gasteiger partial charge in [0.2, 0.25) is 0 Å². The molecule has 1 unspecified atom stereocenters. The standard InChI is InChI=1S/C13H24O2/c1-4-5-6-7-8-9-12(2)10-11-15-13(3)14/h7-8,12H,4-6,9-11H2,1-3H3. The second-order valence-corrected chi connectivity index (χ2v) is 4.08. The summed E-state index contributed by atoms with van der Waals surface area (Å²) in [6, 6.07) is 0. The van der Waals surface area contributed by atoms with Crippen LogP contribution in [0.2, 0.25) is 0 Å². The third-order valence-corrected chi connectivity index (χ3v) is 2.35. The molecule has 15 heavy (non-hydrogen) atoms. The van der Waals surface area contributed by atoms with Crippen molar-refractivity contribution < 1.29 is 9.53 Å². The number of esters is 1. The van der Waals surface area contributed by atoms with Crippen LogP contribution in [0.25, 0.3) is 0 Å². The number of carbonyl (C=O) groups is 1. The predicted octanol–water partition coefficient (Wildman–Crippen LogP) is 3.71. The highest BCUT2D eigenvalue weighted by atomic mass is 16.5. The zero-order valence-electron chi connectivity index (χ0n) is 10.3. The summed E-state index contributed by atoms with van der Waals surface area (Å²) in [7, 11) is 0. The Morgan fingerprint density at radius 3 is 2.73 bits per heavy atom. The second kappa shape index (κ2) is 9.75. The number of allylic oxidation sites excluding steroid dienone is 2. The summed E-state index contributed by atoms with van der Waals surface area (Å²) in [5.74, 6) is 0.419. The molecule has 0 heterocycles. The van der Waals surface area contributed by atoms with Crippen molar-refractivity contribution in [3.63, 3.8) is 0 Å². The minimum absolute atomic E-state index is 0.180. The van der Waals surface area contributed by atoms with E-state index < -0.39 is 0 Å². The van der Waals surface area contributed by atoms with Gasteiger partial charge in [-0.25, -0.2) is 0 Å². The molecule has 0 bridgehead atoms. The fraction of sp³-hybridized carbons (Fsp3) is 0.769. The zero-order valence-corrected chi connectivity index (χ0v) is 10.3. The molecule has 0 aliphatic carbocycles. The highest BCUT2D eigenvalue weighted by molar-refractivity contribution is 5.65. The quantitative estimate of drug-likeness (QED) is 0.348. The van der Waals surface area contributed by atoms with Crippen molar-refractivity contribution in [2.24, 2.45) is 5.92 Å². The minimum atomic E-state index is -0.180. The molecule has 0 fully saturated rings. The van der Waals surface area contributed by atoms with Crippen LogP contribution in [0.3, 0.4) is 0 Å². The zero-order chi connectivity index (χ0) is 11.5. The summed E-state index contributed by atoms with van der Waals surface area (Å²) in [4.78, 5) is 10.5. The Balaban J connectivity index is 3.35. The normalized spacial score (nSPS) is 13.0. The molecule has 0 saturated heterocycles. The number of rotatable bonds is 8. The van der Waals surface area contributed by atoms with Gasteiger partial charge in [-0.3, -0.25) is 4.79 Å². The Morgan fingerprint density at radius 2 is 2.13 bits per heavy atom. The lowest BCUT2D eigenvalue weighted by atomic mass is 10.0. The maximum atomic E-state index is 10.5. The Labute approximate surface area is 93.7 Å². The first kappa shape index (κ1) is 14.2. The largest absolute Gasteiger partial charge is 0.466 e. The summed E-state index contributed by atoms with van der Waals surface area (Å²) in [5, 5.41) is 0. The van der Waals surface area contributed by atoms with E-state index in [1.807, 2.05) is 0 Å². The van der Waals surface area contributed by atoms with Gasteiger partial charge in [0.25, 0.3) is 0 Å². The lowest BCUT2D eigenvalue weighted by molar-refractivity contribution is -0.141. The lowest BCUT2D eigenvalue weighted by Gasteiger charge is -2.07. The molecule has 1 atom stereocenters. The van der Waals surface area contributed by atoms with E-state index >= 15 is 0 Å². The van der Waals surface area contributed by atoms with E-state index in [1.165, 1.54) is 26.2 Å². The van der Waals surface area contributed by atoms with Gasteiger partial charge in [-0.05, 0) is 25.2 Å². The van der Waals surface area contributed by atoms with Crippen molar-refractivity contribution in [1.29, 1.82) is 0 Å². The van der Waals surface area contributed by atoms with Gasteiger partial charge in [-0.15, -0.1) is 0 Å². The van der Waals surface area contributed by atoms with Gasteiger partial charge >= 0.3 is 5.97 Å². The van der Waals surface area contributed by atoms with Gasteiger partial charge in [0.05, 0.1) is 6.61 Å². The summed E-state index contributed by atoms with van der Waals surface area (Å²) in [5.41, 5.74) is 0. The number of carbonyl (C=O) groups excluding carboxylic acids is 1. The third kappa shape index (κ3) is 11.1. The van der Waals surface area contributed by atoms with Crippen LogP contribution in [0, 0.1) is 5.92 Å². The van der Waals surface area contributed by atoms with E-state index in [0.29, 0.717) is 12.5 Å². The van der Waals surface area contributed by atoms with E-state index in [1.54, 1.807) is 0 Å². The van der Waals surface area contributed by atoms with Crippen molar-refractivity contribution in [3.05, 3.63) is 12.2 Å². The molecule has 0 saturated carbocycles. The topological polar surface area (TPSA) is 26.3 Å². The Hall–Kier alpha value is -0.790. The third-order valence-electron chi connectivity index (χ3n) is 2.35. The molecule has 0 aromatic rings. The fourth-order valence-electron chi connectivity index (χ4n) is 1.29. The molecular formula is C13H24O2. The predicted molar refractivity (Wildman–Crippen MR) is 63.7 cm³/mol. The van der Waals surface area contributed by atoms with Crippen molar-refractivity contribution in [2.45, 2.75) is 52.9 Å². The molecule has 0 radical (unpaired) electrons. The smallest absolute Gasteiger partial charge is 0.302 e. The highest BCUT2D eigenvalue weighted by Gasteiger charge is 2.00. The molecule has 2 nitrogen and oxygen atoms in total. The van der Waals surface area contributed by atoms with Crippen molar-refractivity contribution in [3.8, 4) is 0 Å². The van der Waals surface area contributed by atoms with Crippen LogP contribution in [0.4, 0.5) is 0 Å². The van der Waals surface area contributed by atoms with Crippen LogP contribution in [0.5, 0.6) is 0 Å². The van der Waals surface area contributed by atoms with Crippen LogP contribution in [-0.4, -0.2) is 12.6 Å². The van der Waals surface area contributed by atoms with Gasteiger partial charge in [0, 0.05) is 6.92 Å². The first-order valence-electron chi connectivity index (χ1n) is 5.95. The van der Waals surface area contributed by atoms with Crippen LogP contribution < -0.4 is 0 Å². The molecule has 0 N–H and O–H groups in total. The highest BCUT2D eigenvalue weighted by Crippen LogP contribution is 2.09. The molecular weight excluding hydrogens is 188 g/mol. The minimum Gasteiger partial charge on any atom is -0.466 e. The van der Waals surface area contributed by atoms with E-state index in [0.717, 1.165) is 12.8 Å². The average Bonchev–Trinajstić information content (AvgIpc) is 2.17. The molecule has 0 rings (SSSR count). The van der Waals surface area contributed by atoms with Crippen molar-refractivity contribution in [2.75, 3.05) is 6.61 Å². The van der Waals surface area contributed by atoms with Crippen molar-refractivity contribution >= 4 is 5.97 Å². The first-order chi connectivity index (χ1) is 7.16. The molecule has 0 aliphatic rings. The number of unbranched alkanes of at least 4 members (excludes halogenated alkanes) is 2. The Morgan fingerprint density at radius 1 is 1.40 bits per heavy atom. The SMILES string of the molecule is CCCCC=CCC(C)CCOC(C)=O. The summed E-state index contributed by atoms with van der Waals surface area (Å²) >= 11 is 0. The molecule has 2 heteroatoms. The van der Waals surface area contributed by atoms with Gasteiger partial charge in [-0.2, -0.15) is 0 Å². The molecule has 0 aromatic heterocycles. The van der Waals surface area contributed by atoms with E-state index in [9.17, 15) is 4.79 Å². The van der Waals surface area contributed by atoms with Crippen LogP contribution in [0.15, 0.2) is 12.2 Å². The molecule has 0 aromatic carbocycles. The Bertz CT molecular complexity index is 185. The first-order valence-corrected chi connectivity index (χ1v) is 5.95. The Kier molecular flexibility index (Phi) is 9.24. The van der Waals surface area contributed by atoms with Crippen LogP contribution >= 0.6 is 0 Å². The molecule has 0 aliphatic heterocycles. The van der Waals surface area contributed by atoms with Crippen molar-refractivity contribution in [1.82, 2.24) is 0 Å². The number of hydrogen-bond acceptors (Lipinski definition) is 2. The van der Waals surface area contributed by atoms with Crippen LogP contribution in [0.1, 0.15) is 52.9 Å². The van der Waals surface area contributed by atoms with Gasteiger partial charge in [0.1, 0.15) is 0 Å². The maximum absolute atomic E-state index is 10.5. The summed E-state index contributed by atoms with van der Waals surface area (Å²) < 4.78 is 4.89. The maximum Gasteiger partial charge on any atom is 0.302 e. The van der Waals surface area contributed by atoms with Gasteiger partial charge in [0.15, 0.2) is 0 Å². The van der Waals surface area contributed by atoms with E-state index in [2.05, 4.69) is 26.0 Å². The van der Waals surface area contributed by atoms with Gasteiger partial charge in [-0.1, -0.05) is 38.8 Å². The molecule has 0 amide bonds. The number of hydrogen-bond donors (Lipinski definition) is 0. The summed E-state index contributed by atoms with van der Waals surface area (Å²) in [6.07, 6.45) is 10.3. The molecule has 0 spiro atoms. The second-order valence-electron chi connectivity index (χ2n) is 4.08. The average molecular weight is 212 g/mol. The number of ether oxygens (including phenoxy) is 1. The lowest BCUT2D eigenvalue weighted by Crippen LogP contribution is -2.04. The molecule has 88 valence electrons.